The Labute approximate surface area is 137 Å². The van der Waals surface area contributed by atoms with Gasteiger partial charge in [-0.3, -0.25) is 14.4 Å². The first-order chi connectivity index (χ1) is 11.0. The summed E-state index contributed by atoms with van der Waals surface area (Å²) in [5.41, 5.74) is 0.811. The van der Waals surface area contributed by atoms with Crippen molar-refractivity contribution in [3.8, 4) is 0 Å². The maximum absolute atomic E-state index is 12.9. The summed E-state index contributed by atoms with van der Waals surface area (Å²) in [7, 11) is 1.58. The molecule has 3 amide bonds. The zero-order valence-electron chi connectivity index (χ0n) is 14.0. The van der Waals surface area contributed by atoms with Crippen LogP contribution in [0.25, 0.3) is 0 Å². The average Bonchev–Trinajstić information content (AvgIpc) is 2.64. The molecule has 2 rings (SSSR count). The van der Waals surface area contributed by atoms with Crippen LogP contribution in [0.2, 0.25) is 0 Å². The summed E-state index contributed by atoms with van der Waals surface area (Å²) in [4.78, 5) is 40.5. The third-order valence-corrected chi connectivity index (χ3v) is 4.31. The number of anilines is 1. The monoisotopic (exact) mass is 316 g/mol. The second-order valence-corrected chi connectivity index (χ2v) is 5.99. The summed E-state index contributed by atoms with van der Waals surface area (Å²) < 4.78 is 0. The quantitative estimate of drug-likeness (QED) is 0.839. The Bertz CT molecular complexity index is 612. The summed E-state index contributed by atoms with van der Waals surface area (Å²) in [6.45, 7) is 3.96. The van der Waals surface area contributed by atoms with Crippen LogP contribution in [0.3, 0.4) is 0 Å². The molecule has 124 valence electrons. The van der Waals surface area contributed by atoms with E-state index < -0.39 is 0 Å². The first-order valence-electron chi connectivity index (χ1n) is 8.22. The Hall–Kier alpha value is -2.17. The lowest BCUT2D eigenvalue weighted by molar-refractivity contribution is -0.129. The van der Waals surface area contributed by atoms with E-state index in [1.807, 2.05) is 6.92 Å². The number of carbonyl (C=O) groups is 3. The van der Waals surface area contributed by atoms with Crippen LogP contribution >= 0.6 is 0 Å². The number of rotatable bonds is 5. The lowest BCUT2D eigenvalue weighted by Crippen LogP contribution is -2.44. The molecule has 0 aliphatic carbocycles. The van der Waals surface area contributed by atoms with Crippen LogP contribution in [0.1, 0.15) is 49.9 Å². The molecular formula is C18H24N2O3. The van der Waals surface area contributed by atoms with Crippen LogP contribution in [0.5, 0.6) is 0 Å². The molecule has 1 aromatic carbocycles. The van der Waals surface area contributed by atoms with E-state index in [2.05, 4.69) is 6.92 Å². The molecule has 0 bridgehead atoms. The van der Waals surface area contributed by atoms with E-state index in [4.69, 9.17) is 0 Å². The van der Waals surface area contributed by atoms with Crippen molar-refractivity contribution in [2.75, 3.05) is 18.5 Å². The summed E-state index contributed by atoms with van der Waals surface area (Å²) in [5, 5.41) is 0. The van der Waals surface area contributed by atoms with Crippen molar-refractivity contribution in [1.82, 2.24) is 4.90 Å². The highest BCUT2D eigenvalue weighted by atomic mass is 16.2. The molecule has 1 atom stereocenters. The second kappa shape index (κ2) is 7.40. The molecule has 23 heavy (non-hydrogen) atoms. The zero-order valence-corrected chi connectivity index (χ0v) is 14.0. The number of unbranched alkanes of at least 4 members (excludes halogenated alkanes) is 1. The molecule has 1 aromatic rings. The maximum Gasteiger partial charge on any atom is 0.256 e. The lowest BCUT2D eigenvalue weighted by atomic mass is 9.97. The van der Waals surface area contributed by atoms with E-state index in [1.165, 1.54) is 9.80 Å². The number of para-hydroxylation sites is 1. The van der Waals surface area contributed by atoms with Gasteiger partial charge in [-0.2, -0.15) is 0 Å². The van der Waals surface area contributed by atoms with Gasteiger partial charge in [-0.15, -0.1) is 0 Å². The van der Waals surface area contributed by atoms with Crippen molar-refractivity contribution in [3.05, 3.63) is 29.8 Å². The molecule has 0 spiro atoms. The van der Waals surface area contributed by atoms with E-state index >= 15 is 0 Å². The fourth-order valence-corrected chi connectivity index (χ4v) is 2.91. The fourth-order valence-electron chi connectivity index (χ4n) is 2.91. The minimum atomic E-state index is -0.342. The number of fused-ring (bicyclic) bond motifs is 1. The van der Waals surface area contributed by atoms with Crippen LogP contribution in [0.15, 0.2) is 24.3 Å². The molecule has 1 heterocycles. The van der Waals surface area contributed by atoms with E-state index in [0.29, 0.717) is 17.7 Å². The molecule has 1 unspecified atom stereocenters. The predicted octanol–water partition coefficient (Wildman–Crippen LogP) is 2.85. The van der Waals surface area contributed by atoms with Gasteiger partial charge < -0.3 is 4.90 Å². The third kappa shape index (κ3) is 3.44. The highest BCUT2D eigenvalue weighted by molar-refractivity contribution is 6.21. The molecule has 0 aromatic heterocycles. The number of nitrogens with zero attached hydrogens (tertiary/aromatic N) is 2. The highest BCUT2D eigenvalue weighted by Crippen LogP contribution is 2.28. The van der Waals surface area contributed by atoms with Crippen LogP contribution in [-0.2, 0) is 9.59 Å². The fraction of sp³-hybridized carbons (Fsp3) is 0.500. The van der Waals surface area contributed by atoms with Gasteiger partial charge in [0.25, 0.3) is 11.8 Å². The van der Waals surface area contributed by atoms with Gasteiger partial charge in [0.05, 0.1) is 11.3 Å². The summed E-state index contributed by atoms with van der Waals surface area (Å²) in [5.74, 6) is -0.955. The normalized spacial score (nSPS) is 16.1. The number of carbonyl (C=O) groups excluding carboxylic acids is 3. The van der Waals surface area contributed by atoms with Gasteiger partial charge >= 0.3 is 0 Å². The molecular weight excluding hydrogens is 292 g/mol. The molecule has 0 N–H and O–H groups in total. The van der Waals surface area contributed by atoms with E-state index in [1.54, 1.807) is 31.3 Å². The molecule has 1 aliphatic rings. The Morgan fingerprint density at radius 1 is 1.22 bits per heavy atom. The van der Waals surface area contributed by atoms with Gasteiger partial charge in [-0.25, -0.2) is 4.90 Å². The molecule has 1 aliphatic heterocycles. The maximum atomic E-state index is 12.9. The minimum Gasteiger partial charge on any atom is -0.332 e. The first kappa shape index (κ1) is 17.2. The number of benzene rings is 1. The Balaban J connectivity index is 2.43. The van der Waals surface area contributed by atoms with Gasteiger partial charge in [0.1, 0.15) is 6.54 Å². The lowest BCUT2D eigenvalue weighted by Gasteiger charge is -2.25. The smallest absolute Gasteiger partial charge is 0.256 e. The van der Waals surface area contributed by atoms with Gasteiger partial charge in [-0.05, 0) is 25.0 Å². The SMILES string of the molecule is CCCCC(CC)C(=O)N1C(=O)CN(C)C(=O)c2ccccc21. The Morgan fingerprint density at radius 2 is 1.91 bits per heavy atom. The van der Waals surface area contributed by atoms with E-state index in [9.17, 15) is 14.4 Å². The highest BCUT2D eigenvalue weighted by Gasteiger charge is 2.35. The molecule has 0 saturated heterocycles. The van der Waals surface area contributed by atoms with Crippen molar-refractivity contribution in [2.45, 2.75) is 39.5 Å². The van der Waals surface area contributed by atoms with E-state index in [-0.39, 0.29) is 30.2 Å². The van der Waals surface area contributed by atoms with Gasteiger partial charge in [0, 0.05) is 13.0 Å². The number of hydrogen-bond acceptors (Lipinski definition) is 3. The van der Waals surface area contributed by atoms with E-state index in [0.717, 1.165) is 19.3 Å². The van der Waals surface area contributed by atoms with Crippen LogP contribution in [-0.4, -0.2) is 36.2 Å². The first-order valence-corrected chi connectivity index (χ1v) is 8.22. The summed E-state index contributed by atoms with van der Waals surface area (Å²) in [6, 6.07) is 6.84. The van der Waals surface area contributed by atoms with Crippen LogP contribution < -0.4 is 4.90 Å². The molecule has 0 saturated carbocycles. The molecule has 0 radical (unpaired) electrons. The number of amides is 3. The molecule has 5 heteroatoms. The van der Waals surface area contributed by atoms with Crippen molar-refractivity contribution >= 4 is 23.4 Å². The Kier molecular flexibility index (Phi) is 5.53. The number of hydrogen-bond donors (Lipinski definition) is 0. The summed E-state index contributed by atoms with van der Waals surface area (Å²) >= 11 is 0. The minimum absolute atomic E-state index is 0.0799. The largest absolute Gasteiger partial charge is 0.332 e. The average molecular weight is 316 g/mol. The van der Waals surface area contributed by atoms with Crippen LogP contribution in [0, 0.1) is 5.92 Å². The number of imide groups is 1. The zero-order chi connectivity index (χ0) is 17.0. The van der Waals surface area contributed by atoms with Crippen molar-refractivity contribution in [3.63, 3.8) is 0 Å². The second-order valence-electron chi connectivity index (χ2n) is 5.99. The Morgan fingerprint density at radius 3 is 2.57 bits per heavy atom. The topological polar surface area (TPSA) is 57.7 Å². The van der Waals surface area contributed by atoms with Crippen molar-refractivity contribution in [2.24, 2.45) is 5.92 Å². The van der Waals surface area contributed by atoms with Crippen LogP contribution in [0.4, 0.5) is 5.69 Å². The van der Waals surface area contributed by atoms with Crippen molar-refractivity contribution in [1.29, 1.82) is 0 Å². The predicted molar refractivity (Wildman–Crippen MR) is 89.2 cm³/mol. The molecule has 5 nitrogen and oxygen atoms in total. The van der Waals surface area contributed by atoms with Gasteiger partial charge in [0.2, 0.25) is 5.91 Å². The summed E-state index contributed by atoms with van der Waals surface area (Å²) in [6.07, 6.45) is 3.42. The third-order valence-electron chi connectivity index (χ3n) is 4.31. The van der Waals surface area contributed by atoms with Gasteiger partial charge in [-0.1, -0.05) is 38.8 Å². The molecule has 0 fully saturated rings. The number of likely N-dealkylation sites (N-methyl/N-ethyl adjacent to an activating group) is 1. The standard InChI is InChI=1S/C18H24N2O3/c1-4-6-9-13(5-2)17(22)20-15-11-8-7-10-14(15)18(23)19(3)12-16(20)21/h7-8,10-11,13H,4-6,9,12H2,1-3H3. The van der Waals surface area contributed by atoms with Gasteiger partial charge in [0.15, 0.2) is 0 Å². The van der Waals surface area contributed by atoms with Crippen molar-refractivity contribution < 1.29 is 14.4 Å².